The number of rotatable bonds is 5. The van der Waals surface area contributed by atoms with Gasteiger partial charge in [0.05, 0.1) is 5.92 Å². The van der Waals surface area contributed by atoms with Crippen molar-refractivity contribution < 1.29 is 9.59 Å². The summed E-state index contributed by atoms with van der Waals surface area (Å²) in [4.78, 5) is 26.2. The van der Waals surface area contributed by atoms with Gasteiger partial charge in [-0.25, -0.2) is 0 Å². The molecule has 1 aliphatic heterocycles. The maximum absolute atomic E-state index is 12.6. The minimum Gasteiger partial charge on any atom is -0.355 e. The van der Waals surface area contributed by atoms with Crippen LogP contribution in [0.2, 0.25) is 0 Å². The second-order valence-corrected chi connectivity index (χ2v) is 7.50. The van der Waals surface area contributed by atoms with Crippen molar-refractivity contribution in [2.24, 2.45) is 5.92 Å². The monoisotopic (exact) mass is 330 g/mol. The first kappa shape index (κ1) is 18.5. The molecule has 1 atom stereocenters. The Morgan fingerprint density at radius 3 is 2.75 bits per heavy atom. The zero-order valence-corrected chi connectivity index (χ0v) is 15.4. The van der Waals surface area contributed by atoms with Crippen molar-refractivity contribution in [3.63, 3.8) is 0 Å². The molecule has 4 heteroatoms. The zero-order valence-electron chi connectivity index (χ0n) is 15.4. The van der Waals surface area contributed by atoms with Crippen LogP contribution in [0.1, 0.15) is 51.2 Å². The van der Waals surface area contributed by atoms with Crippen molar-refractivity contribution in [2.45, 2.75) is 52.4 Å². The van der Waals surface area contributed by atoms with Crippen molar-refractivity contribution in [1.29, 1.82) is 0 Å². The first-order chi connectivity index (χ1) is 11.3. The molecular weight excluding hydrogens is 300 g/mol. The number of carbonyl (C=O) groups is 2. The first-order valence-electron chi connectivity index (χ1n) is 8.96. The highest BCUT2D eigenvalue weighted by Gasteiger charge is 2.29. The number of hydrogen-bond donors (Lipinski definition) is 1. The molecule has 24 heavy (non-hydrogen) atoms. The van der Waals surface area contributed by atoms with Crippen LogP contribution < -0.4 is 5.32 Å². The van der Waals surface area contributed by atoms with E-state index in [1.54, 1.807) is 0 Å². The number of benzene rings is 1. The highest BCUT2D eigenvalue weighted by molar-refractivity contribution is 5.81. The first-order valence-corrected chi connectivity index (χ1v) is 8.96. The molecule has 1 aromatic rings. The van der Waals surface area contributed by atoms with Crippen LogP contribution in [0.25, 0.3) is 0 Å². The standard InChI is InChI=1S/C20H30N2O2/c1-5-18(23)22-11-7-9-16(13-22)19(24)21-14-20(3,4)17-10-6-8-15(2)12-17/h6,8,10,12,16H,5,7,9,11,13-14H2,1-4H3,(H,21,24). The van der Waals surface area contributed by atoms with Gasteiger partial charge in [-0.2, -0.15) is 0 Å². The fourth-order valence-electron chi connectivity index (χ4n) is 3.26. The number of amides is 2. The predicted octanol–water partition coefficient (Wildman–Crippen LogP) is 3.04. The van der Waals surface area contributed by atoms with E-state index >= 15 is 0 Å². The minimum atomic E-state index is -0.116. The highest BCUT2D eigenvalue weighted by Crippen LogP contribution is 2.24. The number of aryl methyl sites for hydroxylation is 1. The molecule has 1 aromatic carbocycles. The lowest BCUT2D eigenvalue weighted by molar-refractivity contribution is -0.135. The van der Waals surface area contributed by atoms with E-state index in [4.69, 9.17) is 0 Å². The summed E-state index contributed by atoms with van der Waals surface area (Å²) in [5.41, 5.74) is 2.34. The molecule has 2 rings (SSSR count). The van der Waals surface area contributed by atoms with Crippen LogP contribution in [0.3, 0.4) is 0 Å². The molecular formula is C20H30N2O2. The maximum atomic E-state index is 12.6. The lowest BCUT2D eigenvalue weighted by atomic mass is 9.83. The van der Waals surface area contributed by atoms with Gasteiger partial charge in [-0.3, -0.25) is 9.59 Å². The van der Waals surface area contributed by atoms with Gasteiger partial charge in [-0.05, 0) is 25.3 Å². The summed E-state index contributed by atoms with van der Waals surface area (Å²) in [6.45, 7) is 10.2. The molecule has 0 spiro atoms. The lowest BCUT2D eigenvalue weighted by Crippen LogP contribution is -2.47. The average molecular weight is 330 g/mol. The Labute approximate surface area is 145 Å². The van der Waals surface area contributed by atoms with Gasteiger partial charge in [0.25, 0.3) is 0 Å². The van der Waals surface area contributed by atoms with Crippen LogP contribution in [-0.2, 0) is 15.0 Å². The third-order valence-electron chi connectivity index (χ3n) is 4.95. The van der Waals surface area contributed by atoms with Crippen LogP contribution in [0.4, 0.5) is 0 Å². The molecule has 0 saturated carbocycles. The lowest BCUT2D eigenvalue weighted by Gasteiger charge is -2.33. The summed E-state index contributed by atoms with van der Waals surface area (Å²) in [5, 5.41) is 3.11. The molecule has 0 bridgehead atoms. The van der Waals surface area contributed by atoms with Crippen molar-refractivity contribution >= 4 is 11.8 Å². The number of piperidine rings is 1. The molecule has 1 fully saturated rings. The molecule has 0 radical (unpaired) electrons. The van der Waals surface area contributed by atoms with Crippen LogP contribution in [0.15, 0.2) is 24.3 Å². The summed E-state index contributed by atoms with van der Waals surface area (Å²) < 4.78 is 0. The molecule has 1 aliphatic rings. The Kier molecular flexibility index (Phi) is 6.03. The van der Waals surface area contributed by atoms with E-state index in [2.05, 4.69) is 50.4 Å². The molecule has 0 aliphatic carbocycles. The third-order valence-corrected chi connectivity index (χ3v) is 4.95. The van der Waals surface area contributed by atoms with Crippen molar-refractivity contribution in [2.75, 3.05) is 19.6 Å². The Morgan fingerprint density at radius 2 is 2.08 bits per heavy atom. The predicted molar refractivity (Wildman–Crippen MR) is 96.8 cm³/mol. The van der Waals surface area contributed by atoms with E-state index in [1.807, 2.05) is 11.8 Å². The minimum absolute atomic E-state index is 0.0735. The highest BCUT2D eigenvalue weighted by atomic mass is 16.2. The summed E-state index contributed by atoms with van der Waals surface area (Å²) in [6.07, 6.45) is 2.28. The van der Waals surface area contributed by atoms with Gasteiger partial charge in [0.2, 0.25) is 11.8 Å². The van der Waals surface area contributed by atoms with Crippen molar-refractivity contribution in [3.05, 3.63) is 35.4 Å². The SMILES string of the molecule is CCC(=O)N1CCCC(C(=O)NCC(C)(C)c2cccc(C)c2)C1. The maximum Gasteiger partial charge on any atom is 0.224 e. The van der Waals surface area contributed by atoms with Gasteiger partial charge in [-0.1, -0.05) is 50.6 Å². The van der Waals surface area contributed by atoms with E-state index in [-0.39, 0.29) is 23.1 Å². The molecule has 2 amide bonds. The normalized spacial score (nSPS) is 18.3. The second-order valence-electron chi connectivity index (χ2n) is 7.50. The van der Waals surface area contributed by atoms with Crippen molar-refractivity contribution in [1.82, 2.24) is 10.2 Å². The van der Waals surface area contributed by atoms with Gasteiger partial charge < -0.3 is 10.2 Å². The van der Waals surface area contributed by atoms with Gasteiger partial charge >= 0.3 is 0 Å². The van der Waals surface area contributed by atoms with E-state index in [0.29, 0.717) is 19.5 Å². The summed E-state index contributed by atoms with van der Waals surface area (Å²) in [7, 11) is 0. The van der Waals surface area contributed by atoms with Gasteiger partial charge in [0.15, 0.2) is 0 Å². The molecule has 1 unspecified atom stereocenters. The average Bonchev–Trinajstić information content (AvgIpc) is 2.59. The smallest absolute Gasteiger partial charge is 0.224 e. The second kappa shape index (κ2) is 7.82. The number of carbonyl (C=O) groups excluding carboxylic acids is 2. The zero-order chi connectivity index (χ0) is 17.7. The molecule has 1 N–H and O–H groups in total. The Morgan fingerprint density at radius 1 is 1.33 bits per heavy atom. The fraction of sp³-hybridized carbons (Fsp3) is 0.600. The summed E-state index contributed by atoms with van der Waals surface area (Å²) >= 11 is 0. The van der Waals surface area contributed by atoms with Crippen LogP contribution >= 0.6 is 0 Å². The number of nitrogens with zero attached hydrogens (tertiary/aromatic N) is 1. The van der Waals surface area contributed by atoms with Gasteiger partial charge in [0, 0.05) is 31.5 Å². The molecule has 1 heterocycles. The molecule has 0 aromatic heterocycles. The quantitative estimate of drug-likeness (QED) is 0.902. The number of nitrogens with one attached hydrogen (secondary N) is 1. The fourth-order valence-corrected chi connectivity index (χ4v) is 3.26. The third kappa shape index (κ3) is 4.59. The van der Waals surface area contributed by atoms with Gasteiger partial charge in [0.1, 0.15) is 0 Å². The van der Waals surface area contributed by atoms with E-state index in [0.717, 1.165) is 19.4 Å². The Bertz CT molecular complexity index is 595. The molecule has 4 nitrogen and oxygen atoms in total. The van der Waals surface area contributed by atoms with Crippen LogP contribution in [0, 0.1) is 12.8 Å². The Hall–Kier alpha value is -1.84. The topological polar surface area (TPSA) is 49.4 Å². The van der Waals surface area contributed by atoms with E-state index in [9.17, 15) is 9.59 Å². The molecule has 1 saturated heterocycles. The number of hydrogen-bond acceptors (Lipinski definition) is 2. The van der Waals surface area contributed by atoms with E-state index in [1.165, 1.54) is 11.1 Å². The largest absolute Gasteiger partial charge is 0.355 e. The Balaban J connectivity index is 1.93. The molecule has 132 valence electrons. The number of likely N-dealkylation sites (tertiary alicyclic amines) is 1. The van der Waals surface area contributed by atoms with Crippen molar-refractivity contribution in [3.8, 4) is 0 Å². The summed E-state index contributed by atoms with van der Waals surface area (Å²) in [6, 6.07) is 8.43. The van der Waals surface area contributed by atoms with Crippen LogP contribution in [0.5, 0.6) is 0 Å². The summed E-state index contributed by atoms with van der Waals surface area (Å²) in [5.74, 6) is 0.138. The van der Waals surface area contributed by atoms with E-state index < -0.39 is 0 Å². The van der Waals surface area contributed by atoms with Crippen LogP contribution in [-0.4, -0.2) is 36.3 Å². The van der Waals surface area contributed by atoms with Gasteiger partial charge in [-0.15, -0.1) is 0 Å².